The van der Waals surface area contributed by atoms with E-state index in [-0.39, 0.29) is 0 Å². The summed E-state index contributed by atoms with van der Waals surface area (Å²) in [4.78, 5) is 0. The third kappa shape index (κ3) is 1.59. The molecule has 2 rings (SSSR count). The molecule has 0 aromatic heterocycles. The van der Waals surface area contributed by atoms with Gasteiger partial charge in [-0.25, -0.2) is 4.39 Å². The lowest BCUT2D eigenvalue weighted by Gasteiger charge is -2.08. The summed E-state index contributed by atoms with van der Waals surface area (Å²) in [6.45, 7) is 1.71. The first-order valence-corrected chi connectivity index (χ1v) is 4.59. The fourth-order valence-corrected chi connectivity index (χ4v) is 1.46. The highest BCUT2D eigenvalue weighted by Gasteiger charge is 2.44. The second-order valence-corrected chi connectivity index (χ2v) is 3.76. The molecule has 0 radical (unpaired) electrons. The number of hydrogen-bond acceptors (Lipinski definition) is 1. The van der Waals surface area contributed by atoms with E-state index in [2.05, 4.69) is 0 Å². The van der Waals surface area contributed by atoms with E-state index in [1.54, 1.807) is 31.2 Å². The van der Waals surface area contributed by atoms with Gasteiger partial charge in [0, 0.05) is 0 Å². The summed E-state index contributed by atoms with van der Waals surface area (Å²) in [7, 11) is 0. The van der Waals surface area contributed by atoms with Crippen molar-refractivity contribution < 1.29 is 9.50 Å². The second-order valence-electron chi connectivity index (χ2n) is 3.76. The summed E-state index contributed by atoms with van der Waals surface area (Å²) < 4.78 is 13.5. The molecule has 2 heteroatoms. The van der Waals surface area contributed by atoms with Crippen LogP contribution in [0.1, 0.15) is 37.0 Å². The number of aliphatic hydroxyl groups is 1. The molecule has 70 valence electrons. The topological polar surface area (TPSA) is 20.2 Å². The Balaban J connectivity index is 2.24. The predicted molar refractivity (Wildman–Crippen MR) is 49.1 cm³/mol. The van der Waals surface area contributed by atoms with Gasteiger partial charge < -0.3 is 5.11 Å². The Morgan fingerprint density at radius 3 is 2.23 bits per heavy atom. The number of rotatable bonds is 2. The third-order valence-corrected chi connectivity index (χ3v) is 2.60. The molecular weight excluding hydrogens is 167 g/mol. The molecule has 1 N–H and O–H groups in total. The Kier molecular flexibility index (Phi) is 1.88. The van der Waals surface area contributed by atoms with Gasteiger partial charge in [0.1, 0.15) is 5.67 Å². The highest BCUT2D eigenvalue weighted by atomic mass is 19.1. The molecule has 1 aromatic rings. The fourth-order valence-electron chi connectivity index (χ4n) is 1.46. The molecule has 1 aliphatic carbocycles. The van der Waals surface area contributed by atoms with Crippen molar-refractivity contribution in [3.8, 4) is 0 Å². The third-order valence-electron chi connectivity index (χ3n) is 2.60. The minimum atomic E-state index is -1.06. The van der Waals surface area contributed by atoms with Crippen LogP contribution in [0, 0.1) is 0 Å². The Labute approximate surface area is 77.2 Å². The molecule has 1 nitrogen and oxygen atoms in total. The second kappa shape index (κ2) is 2.81. The average Bonchev–Trinajstić information content (AvgIpc) is 2.85. The summed E-state index contributed by atoms with van der Waals surface area (Å²) in [6.07, 6.45) is 0.811. The lowest BCUT2D eigenvalue weighted by molar-refractivity contribution is 0.199. The van der Waals surface area contributed by atoms with Gasteiger partial charge in [0.25, 0.3) is 0 Å². The summed E-state index contributed by atoms with van der Waals surface area (Å²) in [5.74, 6) is 0. The quantitative estimate of drug-likeness (QED) is 0.741. The van der Waals surface area contributed by atoms with E-state index in [9.17, 15) is 9.50 Å². The van der Waals surface area contributed by atoms with E-state index >= 15 is 0 Å². The zero-order valence-corrected chi connectivity index (χ0v) is 7.63. The maximum absolute atomic E-state index is 13.5. The first kappa shape index (κ1) is 8.70. The average molecular weight is 180 g/mol. The zero-order valence-electron chi connectivity index (χ0n) is 7.63. The smallest absolute Gasteiger partial charge is 0.136 e. The van der Waals surface area contributed by atoms with Crippen molar-refractivity contribution >= 4 is 0 Å². The molecule has 13 heavy (non-hydrogen) atoms. The standard InChI is InChI=1S/C11H13FO/c1-8(13)9-2-4-10(5-3-9)11(12)6-7-11/h2-5,8,13H,6-7H2,1H3. The maximum Gasteiger partial charge on any atom is 0.136 e. The number of benzene rings is 1. The molecule has 1 saturated carbocycles. The van der Waals surface area contributed by atoms with Crippen LogP contribution in [0.5, 0.6) is 0 Å². The van der Waals surface area contributed by atoms with Crippen molar-refractivity contribution in [2.75, 3.05) is 0 Å². The molecule has 1 atom stereocenters. The molecule has 1 aliphatic rings. The van der Waals surface area contributed by atoms with E-state index in [1.165, 1.54) is 0 Å². The molecule has 0 amide bonds. The first-order chi connectivity index (χ1) is 6.12. The number of alkyl halides is 1. The molecule has 0 heterocycles. The lowest BCUT2D eigenvalue weighted by atomic mass is 10.0. The van der Waals surface area contributed by atoms with Gasteiger partial charge in [-0.3, -0.25) is 0 Å². The minimum Gasteiger partial charge on any atom is -0.389 e. The summed E-state index contributed by atoms with van der Waals surface area (Å²) in [5, 5.41) is 9.24. The number of halogens is 1. The summed E-state index contributed by atoms with van der Waals surface area (Å²) >= 11 is 0. The van der Waals surface area contributed by atoms with Crippen LogP contribution < -0.4 is 0 Å². The van der Waals surface area contributed by atoms with E-state index in [0.29, 0.717) is 12.8 Å². The Morgan fingerprint density at radius 1 is 1.31 bits per heavy atom. The lowest BCUT2D eigenvalue weighted by Crippen LogP contribution is -1.98. The van der Waals surface area contributed by atoms with Crippen molar-refractivity contribution in [3.05, 3.63) is 35.4 Å². The fraction of sp³-hybridized carbons (Fsp3) is 0.455. The SMILES string of the molecule is CC(O)c1ccc(C2(F)CC2)cc1. The highest BCUT2D eigenvalue weighted by Crippen LogP contribution is 2.49. The van der Waals surface area contributed by atoms with Gasteiger partial charge in [0.15, 0.2) is 0 Å². The molecule has 0 bridgehead atoms. The van der Waals surface area contributed by atoms with Gasteiger partial charge in [0.05, 0.1) is 6.10 Å². The van der Waals surface area contributed by atoms with Crippen molar-refractivity contribution in [2.24, 2.45) is 0 Å². The van der Waals surface area contributed by atoms with Gasteiger partial charge >= 0.3 is 0 Å². The highest BCUT2D eigenvalue weighted by molar-refractivity contribution is 5.31. The molecule has 1 fully saturated rings. The van der Waals surface area contributed by atoms with E-state index in [1.807, 2.05) is 0 Å². The van der Waals surface area contributed by atoms with E-state index in [0.717, 1.165) is 11.1 Å². The molecule has 0 saturated heterocycles. The van der Waals surface area contributed by atoms with E-state index in [4.69, 9.17) is 0 Å². The Hall–Kier alpha value is -0.890. The predicted octanol–water partition coefficient (Wildman–Crippen LogP) is 2.70. The van der Waals surface area contributed by atoms with Gasteiger partial charge in [-0.2, -0.15) is 0 Å². The van der Waals surface area contributed by atoms with Crippen molar-refractivity contribution in [1.29, 1.82) is 0 Å². The van der Waals surface area contributed by atoms with Crippen LogP contribution in [0.2, 0.25) is 0 Å². The van der Waals surface area contributed by atoms with Crippen molar-refractivity contribution in [3.63, 3.8) is 0 Å². The number of aliphatic hydroxyl groups excluding tert-OH is 1. The van der Waals surface area contributed by atoms with Crippen LogP contribution in [0.4, 0.5) is 4.39 Å². The first-order valence-electron chi connectivity index (χ1n) is 4.59. The van der Waals surface area contributed by atoms with Crippen LogP contribution >= 0.6 is 0 Å². The Morgan fingerprint density at radius 2 is 1.85 bits per heavy atom. The zero-order chi connectivity index (χ0) is 9.47. The molecular formula is C11H13FO. The van der Waals surface area contributed by atoms with Gasteiger partial charge in [-0.15, -0.1) is 0 Å². The van der Waals surface area contributed by atoms with Crippen LogP contribution in [0.3, 0.4) is 0 Å². The van der Waals surface area contributed by atoms with Gasteiger partial charge in [-0.05, 0) is 30.9 Å². The summed E-state index contributed by atoms with van der Waals surface area (Å²) in [5.41, 5.74) is 0.530. The van der Waals surface area contributed by atoms with Crippen LogP contribution in [0.25, 0.3) is 0 Å². The normalized spacial score (nSPS) is 21.2. The van der Waals surface area contributed by atoms with Crippen LogP contribution in [-0.2, 0) is 5.67 Å². The summed E-state index contributed by atoms with van der Waals surface area (Å²) in [6, 6.07) is 7.13. The minimum absolute atomic E-state index is 0.469. The van der Waals surface area contributed by atoms with Crippen LogP contribution in [0.15, 0.2) is 24.3 Å². The monoisotopic (exact) mass is 180 g/mol. The van der Waals surface area contributed by atoms with Gasteiger partial charge in [0.2, 0.25) is 0 Å². The van der Waals surface area contributed by atoms with Crippen molar-refractivity contribution in [2.45, 2.75) is 31.5 Å². The largest absolute Gasteiger partial charge is 0.389 e. The van der Waals surface area contributed by atoms with Crippen LogP contribution in [-0.4, -0.2) is 5.11 Å². The van der Waals surface area contributed by atoms with E-state index < -0.39 is 11.8 Å². The molecule has 0 spiro atoms. The Bertz CT molecular complexity index is 298. The molecule has 0 aliphatic heterocycles. The van der Waals surface area contributed by atoms with Crippen molar-refractivity contribution in [1.82, 2.24) is 0 Å². The molecule has 1 unspecified atom stereocenters. The maximum atomic E-state index is 13.5. The number of hydrogen-bond donors (Lipinski definition) is 1. The van der Waals surface area contributed by atoms with Gasteiger partial charge in [-0.1, -0.05) is 24.3 Å². The molecule has 1 aromatic carbocycles.